The molecule has 0 heterocycles. The molecule has 34 heavy (non-hydrogen) atoms. The number of carbonyl (C=O) groups is 2. The van der Waals surface area contributed by atoms with Gasteiger partial charge in [-0.1, -0.05) is 71.3 Å². The van der Waals surface area contributed by atoms with Crippen molar-refractivity contribution in [1.82, 2.24) is 0 Å². The lowest BCUT2D eigenvalue weighted by atomic mass is 9.44. The number of carbonyl (C=O) groups excluding carboxylic acids is 1. The molecule has 2 aliphatic rings. The van der Waals surface area contributed by atoms with Crippen molar-refractivity contribution in [3.63, 3.8) is 0 Å². The number of fused-ring (bicyclic) bond motifs is 1. The number of aliphatic hydroxyl groups is 1. The first-order valence-corrected chi connectivity index (χ1v) is 13.2. The Kier molecular flexibility index (Phi) is 9.18. The Hall–Kier alpha value is -1.68. The van der Waals surface area contributed by atoms with Crippen LogP contribution in [-0.2, 0) is 9.59 Å². The minimum absolute atomic E-state index is 0.105. The van der Waals surface area contributed by atoms with E-state index in [-0.39, 0.29) is 28.6 Å². The molecule has 2 N–H and O–H groups in total. The minimum Gasteiger partial charge on any atom is -0.478 e. The van der Waals surface area contributed by atoms with Crippen molar-refractivity contribution in [3.8, 4) is 0 Å². The van der Waals surface area contributed by atoms with Crippen LogP contribution in [0.4, 0.5) is 0 Å². The summed E-state index contributed by atoms with van der Waals surface area (Å²) >= 11 is 0. The van der Waals surface area contributed by atoms with Gasteiger partial charge in [0.1, 0.15) is 5.78 Å². The van der Waals surface area contributed by atoms with Gasteiger partial charge in [0.25, 0.3) is 0 Å². The van der Waals surface area contributed by atoms with Gasteiger partial charge >= 0.3 is 5.97 Å². The molecule has 4 heteroatoms. The lowest BCUT2D eigenvalue weighted by Gasteiger charge is -2.60. The van der Waals surface area contributed by atoms with Crippen molar-refractivity contribution >= 4 is 11.8 Å². The third kappa shape index (κ3) is 5.93. The highest BCUT2D eigenvalue weighted by atomic mass is 16.4. The fourth-order valence-corrected chi connectivity index (χ4v) is 7.00. The van der Waals surface area contributed by atoms with Crippen LogP contribution in [0.25, 0.3) is 0 Å². The predicted molar refractivity (Wildman–Crippen MR) is 140 cm³/mol. The van der Waals surface area contributed by atoms with Crippen molar-refractivity contribution in [2.75, 3.05) is 0 Å². The fraction of sp³-hybridized carbons (Fsp3) is 0.733. The van der Waals surface area contributed by atoms with Crippen LogP contribution >= 0.6 is 0 Å². The molecule has 0 aliphatic heterocycles. The van der Waals surface area contributed by atoms with Crippen LogP contribution in [0.3, 0.4) is 0 Å². The smallest absolute Gasteiger partial charge is 0.331 e. The van der Waals surface area contributed by atoms with E-state index >= 15 is 0 Å². The van der Waals surface area contributed by atoms with E-state index < -0.39 is 17.0 Å². The van der Waals surface area contributed by atoms with Crippen molar-refractivity contribution in [2.24, 2.45) is 28.6 Å². The van der Waals surface area contributed by atoms with E-state index in [1.807, 2.05) is 32.9 Å². The van der Waals surface area contributed by atoms with Gasteiger partial charge in [-0.25, -0.2) is 4.79 Å². The molecule has 2 saturated carbocycles. The molecular weight excluding hydrogens is 424 g/mol. The quantitative estimate of drug-likeness (QED) is 0.273. The maximum atomic E-state index is 12.8. The lowest BCUT2D eigenvalue weighted by Crippen LogP contribution is -2.60. The van der Waals surface area contributed by atoms with Crippen molar-refractivity contribution in [1.29, 1.82) is 0 Å². The summed E-state index contributed by atoms with van der Waals surface area (Å²) in [6, 6.07) is 0. The molecule has 4 nitrogen and oxygen atoms in total. The van der Waals surface area contributed by atoms with Gasteiger partial charge in [-0.3, -0.25) is 4.79 Å². The number of hydrogen-bond donors (Lipinski definition) is 2. The zero-order valence-corrected chi connectivity index (χ0v) is 22.8. The van der Waals surface area contributed by atoms with Crippen molar-refractivity contribution in [3.05, 3.63) is 34.9 Å². The van der Waals surface area contributed by atoms with Gasteiger partial charge < -0.3 is 10.2 Å². The number of hydrogen-bond acceptors (Lipinski definition) is 3. The predicted octanol–water partition coefficient (Wildman–Crippen LogP) is 7.28. The number of Topliss-reactive ketones (excluding diaryl/α,β-unsaturated/α-hetero) is 1. The summed E-state index contributed by atoms with van der Waals surface area (Å²) in [6.45, 7) is 16.3. The molecule has 0 aromatic carbocycles. The Balaban J connectivity index is 2.47. The van der Waals surface area contributed by atoms with E-state index in [9.17, 15) is 19.8 Å². The van der Waals surface area contributed by atoms with Crippen LogP contribution in [0.2, 0.25) is 0 Å². The summed E-state index contributed by atoms with van der Waals surface area (Å²) in [5.41, 5.74) is 0.215. The monoisotopic (exact) mass is 472 g/mol. The topological polar surface area (TPSA) is 74.6 Å². The van der Waals surface area contributed by atoms with Crippen molar-refractivity contribution in [2.45, 2.75) is 112 Å². The summed E-state index contributed by atoms with van der Waals surface area (Å²) in [4.78, 5) is 25.0. The van der Waals surface area contributed by atoms with E-state index in [2.05, 4.69) is 33.8 Å². The summed E-state index contributed by atoms with van der Waals surface area (Å²) in [6.07, 6.45) is 13.2. The largest absolute Gasteiger partial charge is 0.478 e. The van der Waals surface area contributed by atoms with Gasteiger partial charge in [-0.15, -0.1) is 0 Å². The second-order valence-corrected chi connectivity index (χ2v) is 12.2. The molecule has 192 valence electrons. The van der Waals surface area contributed by atoms with Gasteiger partial charge in [0.05, 0.1) is 5.60 Å². The molecule has 5 atom stereocenters. The van der Waals surface area contributed by atoms with Crippen LogP contribution in [0.5, 0.6) is 0 Å². The standard InChI is InChI=1S/C30H48O4/c1-9-11-20(2)12-10-13-21(3)14-15-23(22(4)27(32)33)26-29(7)18-17-25(31)28(5,6)24(29)16-19-30(26,8)34/h13-15,20,24,26,34H,9-12,16-19H2,1-8H3,(H,32,33). The Morgan fingerprint density at radius 2 is 1.76 bits per heavy atom. The number of ketones is 1. The average Bonchev–Trinajstić information content (AvgIpc) is 2.72. The first-order valence-electron chi connectivity index (χ1n) is 13.2. The Labute approximate surface area is 207 Å². The molecule has 5 unspecified atom stereocenters. The fourth-order valence-electron chi connectivity index (χ4n) is 7.00. The molecule has 0 amide bonds. The van der Waals surface area contributed by atoms with E-state index in [1.54, 1.807) is 6.92 Å². The maximum Gasteiger partial charge on any atom is 0.331 e. The van der Waals surface area contributed by atoms with E-state index in [0.29, 0.717) is 30.8 Å². The van der Waals surface area contributed by atoms with Crippen molar-refractivity contribution < 1.29 is 19.8 Å². The first-order chi connectivity index (χ1) is 15.7. The Morgan fingerprint density at radius 3 is 2.35 bits per heavy atom. The number of rotatable bonds is 9. The normalized spacial score (nSPS) is 33.4. The summed E-state index contributed by atoms with van der Waals surface area (Å²) in [5.74, 6) is -0.219. The third-order valence-electron chi connectivity index (χ3n) is 8.99. The van der Waals surface area contributed by atoms with Crippen LogP contribution in [0, 0.1) is 28.6 Å². The molecule has 0 saturated heterocycles. The lowest BCUT2D eigenvalue weighted by molar-refractivity contribution is -0.168. The highest BCUT2D eigenvalue weighted by Gasteiger charge is 2.61. The van der Waals surface area contributed by atoms with Gasteiger partial charge in [0.15, 0.2) is 0 Å². The second kappa shape index (κ2) is 10.9. The second-order valence-electron chi connectivity index (χ2n) is 12.2. The molecule has 2 fully saturated rings. The number of allylic oxidation sites excluding steroid dienone is 4. The zero-order valence-electron chi connectivity index (χ0n) is 22.8. The van der Waals surface area contributed by atoms with E-state index in [1.165, 1.54) is 12.8 Å². The SMILES string of the molecule is CCCC(C)CCC=C(C)C=CC(=C(C)C(=O)O)C1C(C)(O)CCC2C(C)(C)C(=O)CCC12C. The number of aliphatic carboxylic acids is 1. The summed E-state index contributed by atoms with van der Waals surface area (Å²) in [7, 11) is 0. The molecule has 0 aromatic heterocycles. The van der Waals surface area contributed by atoms with Crippen LogP contribution in [0.15, 0.2) is 34.9 Å². The molecule has 0 aromatic rings. The van der Waals surface area contributed by atoms with Crippen LogP contribution in [-0.4, -0.2) is 27.6 Å². The Bertz CT molecular complexity index is 857. The number of carboxylic acid groups (broad SMARTS) is 1. The van der Waals surface area contributed by atoms with E-state index in [4.69, 9.17) is 0 Å². The maximum absolute atomic E-state index is 12.8. The van der Waals surface area contributed by atoms with Crippen LogP contribution in [0.1, 0.15) is 107 Å². The molecule has 2 aliphatic carbocycles. The summed E-state index contributed by atoms with van der Waals surface area (Å²) in [5, 5.41) is 21.6. The molecule has 0 radical (unpaired) electrons. The first kappa shape index (κ1) is 28.6. The van der Waals surface area contributed by atoms with E-state index in [0.717, 1.165) is 24.8 Å². The molecule has 2 rings (SSSR count). The van der Waals surface area contributed by atoms with Gasteiger partial charge in [0, 0.05) is 23.3 Å². The Morgan fingerprint density at radius 1 is 1.12 bits per heavy atom. The summed E-state index contributed by atoms with van der Waals surface area (Å²) < 4.78 is 0. The number of carboxylic acids is 1. The molecular formula is C30H48O4. The van der Waals surface area contributed by atoms with Gasteiger partial charge in [0.2, 0.25) is 0 Å². The molecule has 0 spiro atoms. The molecule has 0 bridgehead atoms. The van der Waals surface area contributed by atoms with Gasteiger partial charge in [-0.05, 0) is 75.7 Å². The van der Waals surface area contributed by atoms with Gasteiger partial charge in [-0.2, -0.15) is 0 Å². The minimum atomic E-state index is -1.04. The zero-order chi connectivity index (χ0) is 25.9. The average molecular weight is 473 g/mol. The third-order valence-corrected chi connectivity index (χ3v) is 8.99. The van der Waals surface area contributed by atoms with Crippen LogP contribution < -0.4 is 0 Å². The highest BCUT2D eigenvalue weighted by Crippen LogP contribution is 2.63. The highest BCUT2D eigenvalue weighted by molar-refractivity contribution is 5.88.